The largest absolute Gasteiger partial charge is 0.325 e. The monoisotopic (exact) mass is 266 g/mol. The molecule has 1 amide bonds. The topological polar surface area (TPSA) is 32.3 Å². The van der Waals surface area contributed by atoms with Gasteiger partial charge in [-0.25, -0.2) is 0 Å². The van der Waals surface area contributed by atoms with Gasteiger partial charge in [-0.15, -0.1) is 0 Å². The molecule has 0 aromatic heterocycles. The molecule has 3 nitrogen and oxygen atoms in total. The molecule has 2 unspecified atom stereocenters. The van der Waals surface area contributed by atoms with Crippen molar-refractivity contribution in [1.29, 1.82) is 0 Å². The van der Waals surface area contributed by atoms with Gasteiger partial charge in [0.25, 0.3) is 0 Å². The second kappa shape index (κ2) is 6.25. The summed E-state index contributed by atoms with van der Waals surface area (Å²) in [7, 11) is 0. The van der Waals surface area contributed by atoms with Gasteiger partial charge in [0.2, 0.25) is 5.91 Å². The van der Waals surface area contributed by atoms with E-state index in [1.807, 2.05) is 0 Å². The lowest BCUT2D eigenvalue weighted by molar-refractivity contribution is -0.131. The molecule has 0 bridgehead atoms. The lowest BCUT2D eigenvalue weighted by atomic mass is 9.98. The number of carbonyl (C=O) groups excluding carboxylic acids is 1. The molecule has 110 valence electrons. The molecule has 3 heteroatoms. The number of nitrogens with one attached hydrogen (secondary N) is 1. The second-order valence-electron chi connectivity index (χ2n) is 6.40. The first-order valence-electron chi connectivity index (χ1n) is 8.25. The van der Waals surface area contributed by atoms with E-state index in [9.17, 15) is 4.79 Å². The molecule has 0 radical (unpaired) electrons. The van der Waals surface area contributed by atoms with Gasteiger partial charge in [-0.05, 0) is 31.6 Å². The number of hydrogen-bond donors (Lipinski definition) is 1. The van der Waals surface area contributed by atoms with Crippen molar-refractivity contribution in [1.82, 2.24) is 10.2 Å². The van der Waals surface area contributed by atoms with E-state index >= 15 is 0 Å². The number of carbonyl (C=O) groups is 1. The molecular formula is C16H30N2O. The molecule has 19 heavy (non-hydrogen) atoms. The van der Waals surface area contributed by atoms with Crippen LogP contribution in [-0.2, 0) is 4.79 Å². The Hall–Kier alpha value is -0.570. The molecule has 1 N–H and O–H groups in total. The maximum atomic E-state index is 12.6. The Morgan fingerprint density at radius 3 is 2.58 bits per heavy atom. The third kappa shape index (κ3) is 3.13. The van der Waals surface area contributed by atoms with E-state index in [1.54, 1.807) is 0 Å². The first-order chi connectivity index (χ1) is 9.16. The maximum Gasteiger partial charge on any atom is 0.244 e. The van der Waals surface area contributed by atoms with Crippen LogP contribution in [0.1, 0.15) is 72.1 Å². The summed E-state index contributed by atoms with van der Waals surface area (Å²) in [5.74, 6) is 1.07. The van der Waals surface area contributed by atoms with Crippen LogP contribution in [0.4, 0.5) is 0 Å². The van der Waals surface area contributed by atoms with Crippen molar-refractivity contribution in [2.45, 2.75) is 83.8 Å². The molecule has 2 fully saturated rings. The molecule has 1 saturated carbocycles. The van der Waals surface area contributed by atoms with E-state index in [0.29, 0.717) is 18.0 Å². The number of hydrogen-bond acceptors (Lipinski definition) is 2. The average molecular weight is 266 g/mol. The highest BCUT2D eigenvalue weighted by Gasteiger charge is 2.58. The van der Waals surface area contributed by atoms with Crippen LogP contribution in [0.25, 0.3) is 0 Å². The van der Waals surface area contributed by atoms with Gasteiger partial charge >= 0.3 is 0 Å². The van der Waals surface area contributed by atoms with Crippen molar-refractivity contribution in [3.63, 3.8) is 0 Å². The van der Waals surface area contributed by atoms with Crippen LogP contribution in [0, 0.1) is 5.92 Å². The van der Waals surface area contributed by atoms with Crippen molar-refractivity contribution >= 4 is 5.91 Å². The molecule has 0 aromatic rings. The van der Waals surface area contributed by atoms with Crippen LogP contribution in [0.3, 0.4) is 0 Å². The van der Waals surface area contributed by atoms with Gasteiger partial charge in [0.05, 0.1) is 11.7 Å². The van der Waals surface area contributed by atoms with E-state index in [4.69, 9.17) is 0 Å². The maximum absolute atomic E-state index is 12.6. The minimum absolute atomic E-state index is 0.136. The third-order valence-corrected chi connectivity index (χ3v) is 4.80. The molecule has 0 aromatic carbocycles. The van der Waals surface area contributed by atoms with Crippen molar-refractivity contribution in [2.75, 3.05) is 6.54 Å². The summed E-state index contributed by atoms with van der Waals surface area (Å²) >= 11 is 0. The average Bonchev–Trinajstić information content (AvgIpc) is 3.14. The third-order valence-electron chi connectivity index (χ3n) is 4.80. The minimum atomic E-state index is -0.136. The quantitative estimate of drug-likeness (QED) is 0.731. The molecule has 1 spiro atoms. The number of rotatable bonds is 8. The predicted octanol–water partition coefficient (Wildman–Crippen LogP) is 3.29. The number of nitrogens with zero attached hydrogens (tertiary/aromatic N) is 1. The van der Waals surface area contributed by atoms with Crippen LogP contribution in [0.2, 0.25) is 0 Å². The van der Waals surface area contributed by atoms with E-state index in [0.717, 1.165) is 32.2 Å². The first kappa shape index (κ1) is 14.8. The second-order valence-corrected chi connectivity index (χ2v) is 6.40. The standard InChI is InChI=1S/C16H30N2O/c1-4-7-9-13(6-3)12-18-14(8-5-2)17-16(10-11-16)15(18)19/h13-14,17H,4-12H2,1-3H3. The van der Waals surface area contributed by atoms with Crippen LogP contribution in [0.5, 0.6) is 0 Å². The Morgan fingerprint density at radius 1 is 1.32 bits per heavy atom. The fourth-order valence-electron chi connectivity index (χ4n) is 3.27. The Labute approximate surface area is 118 Å². The van der Waals surface area contributed by atoms with Gasteiger partial charge in [0.1, 0.15) is 0 Å². The fraction of sp³-hybridized carbons (Fsp3) is 0.938. The van der Waals surface area contributed by atoms with Crippen molar-refractivity contribution in [2.24, 2.45) is 5.92 Å². The highest BCUT2D eigenvalue weighted by atomic mass is 16.2. The van der Waals surface area contributed by atoms with Crippen molar-refractivity contribution in [3.05, 3.63) is 0 Å². The lowest BCUT2D eigenvalue weighted by Crippen LogP contribution is -2.40. The highest BCUT2D eigenvalue weighted by Crippen LogP contribution is 2.43. The van der Waals surface area contributed by atoms with Gasteiger partial charge in [0, 0.05) is 6.54 Å². The van der Waals surface area contributed by atoms with Gasteiger partial charge in [0.15, 0.2) is 0 Å². The zero-order chi connectivity index (χ0) is 13.9. The molecule has 2 aliphatic rings. The zero-order valence-corrected chi connectivity index (χ0v) is 12.9. The summed E-state index contributed by atoms with van der Waals surface area (Å²) in [4.78, 5) is 14.7. The normalized spacial score (nSPS) is 26.2. The highest BCUT2D eigenvalue weighted by molar-refractivity contribution is 5.91. The summed E-state index contributed by atoms with van der Waals surface area (Å²) < 4.78 is 0. The Bertz CT molecular complexity index is 312. The summed E-state index contributed by atoms with van der Waals surface area (Å²) in [6, 6.07) is 0. The number of amides is 1. The van der Waals surface area contributed by atoms with E-state index in [1.165, 1.54) is 25.7 Å². The molecule has 1 heterocycles. The first-order valence-corrected chi connectivity index (χ1v) is 8.25. The minimum Gasteiger partial charge on any atom is -0.325 e. The van der Waals surface area contributed by atoms with Gasteiger partial charge in [-0.3, -0.25) is 10.1 Å². The van der Waals surface area contributed by atoms with Crippen LogP contribution < -0.4 is 5.32 Å². The van der Waals surface area contributed by atoms with E-state index in [2.05, 4.69) is 31.0 Å². The molecular weight excluding hydrogens is 236 g/mol. The molecule has 1 aliphatic carbocycles. The fourth-order valence-corrected chi connectivity index (χ4v) is 3.27. The van der Waals surface area contributed by atoms with Gasteiger partial charge < -0.3 is 4.90 Å². The molecule has 1 aliphatic heterocycles. The van der Waals surface area contributed by atoms with E-state index < -0.39 is 0 Å². The van der Waals surface area contributed by atoms with Crippen LogP contribution in [0.15, 0.2) is 0 Å². The Morgan fingerprint density at radius 2 is 2.05 bits per heavy atom. The summed E-state index contributed by atoms with van der Waals surface area (Å²) in [6.45, 7) is 7.68. The summed E-state index contributed by atoms with van der Waals surface area (Å²) in [5, 5.41) is 3.60. The van der Waals surface area contributed by atoms with Gasteiger partial charge in [-0.2, -0.15) is 0 Å². The van der Waals surface area contributed by atoms with Crippen LogP contribution >= 0.6 is 0 Å². The smallest absolute Gasteiger partial charge is 0.244 e. The van der Waals surface area contributed by atoms with E-state index in [-0.39, 0.29) is 5.54 Å². The molecule has 2 rings (SSSR count). The zero-order valence-electron chi connectivity index (χ0n) is 12.9. The molecule has 2 atom stereocenters. The SMILES string of the molecule is CCCCC(CC)CN1C(=O)C2(CC2)NC1CCC. The van der Waals surface area contributed by atoms with Crippen LogP contribution in [-0.4, -0.2) is 29.1 Å². The molecule has 1 saturated heterocycles. The summed E-state index contributed by atoms with van der Waals surface area (Å²) in [6.07, 6.45) is 9.64. The predicted molar refractivity (Wildman–Crippen MR) is 78.8 cm³/mol. The summed E-state index contributed by atoms with van der Waals surface area (Å²) in [5.41, 5.74) is -0.136. The Balaban J connectivity index is 1.96. The van der Waals surface area contributed by atoms with Gasteiger partial charge in [-0.1, -0.05) is 46.5 Å². The lowest BCUT2D eigenvalue weighted by Gasteiger charge is -2.28. The van der Waals surface area contributed by atoms with Crippen molar-refractivity contribution < 1.29 is 4.79 Å². The van der Waals surface area contributed by atoms with Crippen molar-refractivity contribution in [3.8, 4) is 0 Å². The number of unbranched alkanes of at least 4 members (excludes halogenated alkanes) is 1. The Kier molecular flexibility index (Phi) is 4.88.